The van der Waals surface area contributed by atoms with Gasteiger partial charge in [-0.15, -0.1) is 10.2 Å². The summed E-state index contributed by atoms with van der Waals surface area (Å²) in [5, 5.41) is 13.9. The van der Waals surface area contributed by atoms with Crippen molar-refractivity contribution < 1.29 is 4.74 Å². The molecule has 3 aromatic heterocycles. The zero-order valence-corrected chi connectivity index (χ0v) is 14.4. The first-order chi connectivity index (χ1) is 11.2. The van der Waals surface area contributed by atoms with E-state index in [9.17, 15) is 0 Å². The third-order valence-electron chi connectivity index (χ3n) is 3.27. The van der Waals surface area contributed by atoms with Gasteiger partial charge in [-0.2, -0.15) is 9.61 Å². The molecule has 4 rings (SSSR count). The molecule has 0 saturated carbocycles. The van der Waals surface area contributed by atoms with Gasteiger partial charge in [0.15, 0.2) is 5.82 Å². The summed E-state index contributed by atoms with van der Waals surface area (Å²) >= 11 is 4.90. The van der Waals surface area contributed by atoms with Gasteiger partial charge in [0.25, 0.3) is 0 Å². The molecule has 0 N–H and O–H groups in total. The fourth-order valence-electron chi connectivity index (χ4n) is 2.20. The van der Waals surface area contributed by atoms with Crippen LogP contribution in [0.15, 0.2) is 47.2 Å². The average molecular weight is 388 g/mol. The van der Waals surface area contributed by atoms with Crippen LogP contribution in [0.1, 0.15) is 0 Å². The number of rotatable bonds is 3. The van der Waals surface area contributed by atoms with Crippen molar-refractivity contribution in [2.75, 3.05) is 7.11 Å². The molecule has 4 aromatic rings. The van der Waals surface area contributed by atoms with Gasteiger partial charge in [-0.3, -0.25) is 4.98 Å². The zero-order chi connectivity index (χ0) is 15.8. The molecule has 0 fully saturated rings. The van der Waals surface area contributed by atoms with E-state index >= 15 is 0 Å². The Hall–Kier alpha value is -2.32. The molecule has 0 aliphatic carbocycles. The number of fused-ring (bicyclic) bond motifs is 1. The van der Waals surface area contributed by atoms with Gasteiger partial charge in [0.05, 0.1) is 7.11 Å². The maximum Gasteiger partial charge on any atom is 0.235 e. The lowest BCUT2D eigenvalue weighted by Crippen LogP contribution is -1.92. The van der Waals surface area contributed by atoms with Gasteiger partial charge in [-0.1, -0.05) is 23.5 Å². The molecule has 0 aliphatic heterocycles. The monoisotopic (exact) mass is 387 g/mol. The summed E-state index contributed by atoms with van der Waals surface area (Å²) < 4.78 is 7.89. The van der Waals surface area contributed by atoms with Crippen LogP contribution < -0.4 is 4.74 Å². The standard InChI is InChI=1S/C15H10BrN5OS/c1-22-12-4-2-3-9(6-12)14-20-21-13(18-19-15(21)23-14)10-5-11(16)8-17-7-10/h2-8H,1H3. The van der Waals surface area contributed by atoms with Crippen LogP contribution in [0.2, 0.25) is 0 Å². The average Bonchev–Trinajstić information content (AvgIpc) is 3.15. The van der Waals surface area contributed by atoms with Gasteiger partial charge in [-0.25, -0.2) is 0 Å². The van der Waals surface area contributed by atoms with Gasteiger partial charge in [0.2, 0.25) is 4.96 Å². The molecule has 6 nitrogen and oxygen atoms in total. The summed E-state index contributed by atoms with van der Waals surface area (Å²) in [5.74, 6) is 1.46. The minimum absolute atomic E-state index is 0.666. The maximum atomic E-state index is 5.27. The first-order valence-corrected chi connectivity index (χ1v) is 8.33. The number of nitrogens with zero attached hydrogens (tertiary/aromatic N) is 5. The summed E-state index contributed by atoms with van der Waals surface area (Å²) in [4.78, 5) is 4.90. The first-order valence-electron chi connectivity index (χ1n) is 6.72. The third kappa shape index (κ3) is 2.60. The van der Waals surface area contributed by atoms with E-state index in [2.05, 4.69) is 36.2 Å². The maximum absolute atomic E-state index is 5.27. The van der Waals surface area contributed by atoms with Gasteiger partial charge in [-0.05, 0) is 34.1 Å². The van der Waals surface area contributed by atoms with Crippen LogP contribution in [0.3, 0.4) is 0 Å². The molecule has 0 amide bonds. The summed E-state index contributed by atoms with van der Waals surface area (Å²) in [6.45, 7) is 0. The minimum atomic E-state index is 0.666. The highest BCUT2D eigenvalue weighted by Gasteiger charge is 2.15. The van der Waals surface area contributed by atoms with Crippen molar-refractivity contribution in [3.63, 3.8) is 0 Å². The molecule has 0 aliphatic rings. The van der Waals surface area contributed by atoms with Crippen molar-refractivity contribution in [2.24, 2.45) is 0 Å². The Bertz CT molecular complexity index is 996. The van der Waals surface area contributed by atoms with E-state index in [1.165, 1.54) is 11.3 Å². The fraction of sp³-hybridized carbons (Fsp3) is 0.0667. The lowest BCUT2D eigenvalue weighted by Gasteiger charge is -2.01. The van der Waals surface area contributed by atoms with Crippen LogP contribution in [0.25, 0.3) is 26.9 Å². The number of aromatic nitrogens is 5. The van der Waals surface area contributed by atoms with Crippen molar-refractivity contribution in [1.29, 1.82) is 0 Å². The molecule has 0 atom stereocenters. The van der Waals surface area contributed by atoms with Gasteiger partial charge >= 0.3 is 0 Å². The minimum Gasteiger partial charge on any atom is -0.497 e. The topological polar surface area (TPSA) is 65.2 Å². The van der Waals surface area contributed by atoms with Crippen molar-refractivity contribution in [1.82, 2.24) is 24.8 Å². The lowest BCUT2D eigenvalue weighted by molar-refractivity contribution is 0.415. The second-order valence-electron chi connectivity index (χ2n) is 4.75. The Morgan fingerprint density at radius 1 is 1.13 bits per heavy atom. The number of pyridine rings is 1. The molecule has 0 spiro atoms. The highest BCUT2D eigenvalue weighted by Crippen LogP contribution is 2.30. The van der Waals surface area contributed by atoms with Crippen LogP contribution >= 0.6 is 27.3 Å². The van der Waals surface area contributed by atoms with Crippen molar-refractivity contribution in [3.8, 4) is 27.7 Å². The Labute approximate surface area is 143 Å². The Morgan fingerprint density at radius 2 is 2.04 bits per heavy atom. The molecule has 23 heavy (non-hydrogen) atoms. The molecule has 8 heteroatoms. The largest absolute Gasteiger partial charge is 0.497 e. The Balaban J connectivity index is 1.83. The van der Waals surface area contributed by atoms with Gasteiger partial charge in [0, 0.05) is 28.0 Å². The summed E-state index contributed by atoms with van der Waals surface area (Å²) in [6, 6.07) is 9.73. The van der Waals surface area contributed by atoms with E-state index in [-0.39, 0.29) is 0 Å². The lowest BCUT2D eigenvalue weighted by atomic mass is 10.2. The molecular formula is C15H10BrN5OS. The smallest absolute Gasteiger partial charge is 0.235 e. The summed E-state index contributed by atoms with van der Waals surface area (Å²) in [6.07, 6.45) is 3.47. The molecule has 0 saturated heterocycles. The third-order valence-corrected chi connectivity index (χ3v) is 4.65. The quantitative estimate of drug-likeness (QED) is 0.536. The highest BCUT2D eigenvalue weighted by atomic mass is 79.9. The van der Waals surface area contributed by atoms with Crippen LogP contribution in [0.4, 0.5) is 0 Å². The van der Waals surface area contributed by atoms with Crippen molar-refractivity contribution >= 4 is 32.2 Å². The van der Waals surface area contributed by atoms with E-state index in [4.69, 9.17) is 4.74 Å². The zero-order valence-electron chi connectivity index (χ0n) is 12.0. The van der Waals surface area contributed by atoms with Crippen LogP contribution in [-0.4, -0.2) is 31.9 Å². The van der Waals surface area contributed by atoms with E-state index in [0.717, 1.165) is 31.3 Å². The van der Waals surface area contributed by atoms with Gasteiger partial charge in [0.1, 0.15) is 10.8 Å². The van der Waals surface area contributed by atoms with Crippen LogP contribution in [0.5, 0.6) is 5.75 Å². The Kier molecular flexibility index (Phi) is 3.55. The second kappa shape index (κ2) is 5.71. The van der Waals surface area contributed by atoms with Crippen molar-refractivity contribution in [2.45, 2.75) is 0 Å². The molecular weight excluding hydrogens is 378 g/mol. The molecule has 0 bridgehead atoms. The SMILES string of the molecule is COc1cccc(-c2nn3c(-c4cncc(Br)c4)nnc3s2)c1. The summed E-state index contributed by atoms with van der Waals surface area (Å²) in [7, 11) is 1.65. The normalized spacial score (nSPS) is 11.0. The van der Waals surface area contributed by atoms with E-state index in [1.807, 2.05) is 30.3 Å². The predicted octanol–water partition coefficient (Wildman–Crippen LogP) is 3.69. The molecule has 3 heterocycles. The van der Waals surface area contributed by atoms with E-state index in [1.54, 1.807) is 24.0 Å². The number of benzene rings is 1. The number of halogens is 1. The van der Waals surface area contributed by atoms with Crippen LogP contribution in [0, 0.1) is 0 Å². The molecule has 0 unspecified atom stereocenters. The Morgan fingerprint density at radius 3 is 2.87 bits per heavy atom. The van der Waals surface area contributed by atoms with E-state index in [0.29, 0.717) is 5.82 Å². The number of hydrogen-bond donors (Lipinski definition) is 0. The molecule has 114 valence electrons. The molecule has 0 radical (unpaired) electrons. The number of methoxy groups -OCH3 is 1. The fourth-order valence-corrected chi connectivity index (χ4v) is 3.40. The van der Waals surface area contributed by atoms with Crippen LogP contribution in [-0.2, 0) is 0 Å². The second-order valence-corrected chi connectivity index (χ2v) is 6.62. The molecule has 1 aromatic carbocycles. The van der Waals surface area contributed by atoms with Crippen molar-refractivity contribution in [3.05, 3.63) is 47.2 Å². The first kappa shape index (κ1) is 14.3. The van der Waals surface area contributed by atoms with Gasteiger partial charge < -0.3 is 4.74 Å². The number of ether oxygens (including phenoxy) is 1. The summed E-state index contributed by atoms with van der Waals surface area (Å²) in [5.41, 5.74) is 1.84. The number of hydrogen-bond acceptors (Lipinski definition) is 6. The highest BCUT2D eigenvalue weighted by molar-refractivity contribution is 9.10. The van der Waals surface area contributed by atoms with E-state index < -0.39 is 0 Å². The predicted molar refractivity (Wildman–Crippen MR) is 91.6 cm³/mol.